The first-order valence-corrected chi connectivity index (χ1v) is 9.52. The van der Waals surface area contributed by atoms with Crippen LogP contribution in [0.3, 0.4) is 0 Å². The van der Waals surface area contributed by atoms with Crippen LogP contribution in [-0.4, -0.2) is 66.0 Å². The Hall–Kier alpha value is -0.270. The maximum Gasteiger partial charge on any atom is 0.232 e. The number of hydrogen-bond donors (Lipinski definition) is 1. The number of carbonyl (C=O) groups is 1. The molecule has 2 heterocycles. The van der Waals surface area contributed by atoms with Gasteiger partial charge in [0.05, 0.1) is 29.9 Å². The molecule has 0 aromatic heterocycles. The molecule has 0 radical (unpaired) electrons. The quantitative estimate of drug-likeness (QED) is 0.799. The Kier molecular flexibility index (Phi) is 4.79. The van der Waals surface area contributed by atoms with Crippen LogP contribution in [0.2, 0.25) is 0 Å². The minimum absolute atomic E-state index is 0.00931. The number of carbonyl (C=O) groups excluding carboxylic acids is 1. The van der Waals surface area contributed by atoms with E-state index in [0.29, 0.717) is 24.6 Å². The molecular weight excluding hydrogens is 286 g/mol. The molecule has 2 aliphatic heterocycles. The Labute approximate surface area is 118 Å². The summed E-state index contributed by atoms with van der Waals surface area (Å²) in [4.78, 5) is 13.9. The molecule has 1 N–H and O–H groups in total. The highest BCUT2D eigenvalue weighted by Gasteiger charge is 2.34. The molecule has 0 aliphatic carbocycles. The SMILES string of the molecule is CC1CCN(C(=O)CSC2CCS(=O)(=O)C2)C1CO. The molecule has 0 spiro atoms. The predicted octanol–water partition coefficient (Wildman–Crippen LogP) is 0.136. The van der Waals surface area contributed by atoms with Crippen molar-refractivity contribution in [3.63, 3.8) is 0 Å². The van der Waals surface area contributed by atoms with Gasteiger partial charge in [0.25, 0.3) is 0 Å². The summed E-state index contributed by atoms with van der Waals surface area (Å²) in [6.45, 7) is 2.76. The number of hydrogen-bond acceptors (Lipinski definition) is 5. The first-order chi connectivity index (χ1) is 8.93. The van der Waals surface area contributed by atoms with Gasteiger partial charge in [0.2, 0.25) is 5.91 Å². The molecule has 0 bridgehead atoms. The van der Waals surface area contributed by atoms with Crippen LogP contribution < -0.4 is 0 Å². The lowest BCUT2D eigenvalue weighted by Gasteiger charge is -2.25. The number of aliphatic hydroxyl groups excluding tert-OH is 1. The standard InChI is InChI=1S/C12H21NO4S2/c1-9-2-4-13(11(9)6-14)12(15)7-18-10-3-5-19(16,17)8-10/h9-11,14H,2-8H2,1H3. The van der Waals surface area contributed by atoms with Crippen LogP contribution >= 0.6 is 11.8 Å². The van der Waals surface area contributed by atoms with E-state index in [-0.39, 0.29) is 35.3 Å². The Morgan fingerprint density at radius 1 is 1.42 bits per heavy atom. The van der Waals surface area contributed by atoms with Crippen molar-refractivity contribution in [3.8, 4) is 0 Å². The van der Waals surface area contributed by atoms with Crippen LogP contribution in [0.25, 0.3) is 0 Å². The molecule has 3 atom stereocenters. The smallest absolute Gasteiger partial charge is 0.232 e. The lowest BCUT2D eigenvalue weighted by atomic mass is 10.0. The Morgan fingerprint density at radius 3 is 2.74 bits per heavy atom. The van der Waals surface area contributed by atoms with E-state index in [4.69, 9.17) is 0 Å². The number of amides is 1. The molecular formula is C12H21NO4S2. The summed E-state index contributed by atoms with van der Waals surface area (Å²) in [7, 11) is -2.87. The number of thioether (sulfide) groups is 1. The minimum atomic E-state index is -2.87. The Morgan fingerprint density at radius 2 is 2.16 bits per heavy atom. The summed E-state index contributed by atoms with van der Waals surface area (Å²) in [6.07, 6.45) is 1.58. The fraction of sp³-hybridized carbons (Fsp3) is 0.917. The largest absolute Gasteiger partial charge is 0.394 e. The second kappa shape index (κ2) is 6.01. The molecule has 19 heavy (non-hydrogen) atoms. The summed E-state index contributed by atoms with van der Waals surface area (Å²) in [5, 5.41) is 9.38. The lowest BCUT2D eigenvalue weighted by Crippen LogP contribution is -2.41. The van der Waals surface area contributed by atoms with Crippen molar-refractivity contribution in [2.75, 3.05) is 30.4 Å². The van der Waals surface area contributed by atoms with E-state index in [1.54, 1.807) is 4.90 Å². The maximum absolute atomic E-state index is 12.1. The fourth-order valence-electron chi connectivity index (χ4n) is 2.76. The van der Waals surface area contributed by atoms with Crippen LogP contribution in [0.15, 0.2) is 0 Å². The van der Waals surface area contributed by atoms with E-state index in [0.717, 1.165) is 6.42 Å². The van der Waals surface area contributed by atoms with Crippen molar-refractivity contribution in [2.45, 2.75) is 31.1 Å². The van der Waals surface area contributed by atoms with Gasteiger partial charge in [0.15, 0.2) is 9.84 Å². The molecule has 3 unspecified atom stereocenters. The summed E-state index contributed by atoms with van der Waals surface area (Å²) >= 11 is 1.44. The first kappa shape index (κ1) is 15.1. The third-order valence-electron chi connectivity index (χ3n) is 4.02. The lowest BCUT2D eigenvalue weighted by molar-refractivity contribution is -0.130. The number of likely N-dealkylation sites (tertiary alicyclic amines) is 1. The Bertz CT molecular complexity index is 437. The highest BCUT2D eigenvalue weighted by Crippen LogP contribution is 2.27. The van der Waals surface area contributed by atoms with Gasteiger partial charge in [-0.1, -0.05) is 6.92 Å². The normalized spacial score (nSPS) is 33.8. The highest BCUT2D eigenvalue weighted by molar-refractivity contribution is 8.02. The van der Waals surface area contributed by atoms with Gasteiger partial charge in [-0.2, -0.15) is 0 Å². The zero-order valence-corrected chi connectivity index (χ0v) is 12.8. The van der Waals surface area contributed by atoms with Crippen LogP contribution in [0.5, 0.6) is 0 Å². The second-order valence-corrected chi connectivity index (χ2v) is 8.96. The molecule has 2 fully saturated rings. The van der Waals surface area contributed by atoms with Gasteiger partial charge in [0.1, 0.15) is 0 Å². The van der Waals surface area contributed by atoms with Gasteiger partial charge in [-0.25, -0.2) is 8.42 Å². The van der Waals surface area contributed by atoms with E-state index in [2.05, 4.69) is 0 Å². The molecule has 0 aromatic rings. The summed E-state index contributed by atoms with van der Waals surface area (Å²) in [6, 6.07) is -0.0691. The number of aliphatic hydroxyl groups is 1. The number of sulfone groups is 1. The van der Waals surface area contributed by atoms with Crippen molar-refractivity contribution in [1.29, 1.82) is 0 Å². The molecule has 1 amide bonds. The van der Waals surface area contributed by atoms with Crippen molar-refractivity contribution >= 4 is 27.5 Å². The molecule has 110 valence electrons. The Balaban J connectivity index is 1.82. The van der Waals surface area contributed by atoms with E-state index < -0.39 is 9.84 Å². The third kappa shape index (κ3) is 3.64. The van der Waals surface area contributed by atoms with Gasteiger partial charge in [-0.3, -0.25) is 4.79 Å². The zero-order chi connectivity index (χ0) is 14.0. The van der Waals surface area contributed by atoms with E-state index in [1.165, 1.54) is 11.8 Å². The molecule has 0 saturated carbocycles. The maximum atomic E-state index is 12.1. The van der Waals surface area contributed by atoms with E-state index in [9.17, 15) is 18.3 Å². The average Bonchev–Trinajstić information content (AvgIpc) is 2.89. The monoisotopic (exact) mass is 307 g/mol. The minimum Gasteiger partial charge on any atom is -0.394 e. The van der Waals surface area contributed by atoms with Crippen LogP contribution in [0.4, 0.5) is 0 Å². The number of rotatable bonds is 4. The summed E-state index contributed by atoms with van der Waals surface area (Å²) in [5.41, 5.74) is 0. The molecule has 2 saturated heterocycles. The molecule has 2 aliphatic rings. The third-order valence-corrected chi connectivity index (χ3v) is 7.29. The van der Waals surface area contributed by atoms with Gasteiger partial charge in [-0.05, 0) is 18.8 Å². The van der Waals surface area contributed by atoms with E-state index in [1.807, 2.05) is 6.92 Å². The molecule has 0 aromatic carbocycles. The van der Waals surface area contributed by atoms with Crippen LogP contribution in [-0.2, 0) is 14.6 Å². The molecule has 5 nitrogen and oxygen atoms in total. The zero-order valence-electron chi connectivity index (χ0n) is 11.1. The van der Waals surface area contributed by atoms with Crippen molar-refractivity contribution < 1.29 is 18.3 Å². The summed E-state index contributed by atoms with van der Waals surface area (Å²) in [5.74, 6) is 1.14. The van der Waals surface area contributed by atoms with E-state index >= 15 is 0 Å². The van der Waals surface area contributed by atoms with Crippen molar-refractivity contribution in [3.05, 3.63) is 0 Å². The first-order valence-electron chi connectivity index (χ1n) is 6.65. The van der Waals surface area contributed by atoms with Crippen molar-refractivity contribution in [1.82, 2.24) is 4.90 Å². The predicted molar refractivity (Wildman–Crippen MR) is 75.9 cm³/mol. The fourth-order valence-corrected chi connectivity index (χ4v) is 6.29. The molecule has 7 heteroatoms. The van der Waals surface area contributed by atoms with Gasteiger partial charge in [-0.15, -0.1) is 11.8 Å². The average molecular weight is 307 g/mol. The van der Waals surface area contributed by atoms with Gasteiger partial charge in [0, 0.05) is 11.8 Å². The van der Waals surface area contributed by atoms with Gasteiger partial charge >= 0.3 is 0 Å². The van der Waals surface area contributed by atoms with Crippen molar-refractivity contribution in [2.24, 2.45) is 5.92 Å². The van der Waals surface area contributed by atoms with Gasteiger partial charge < -0.3 is 10.0 Å². The summed E-state index contributed by atoms with van der Waals surface area (Å²) < 4.78 is 22.7. The van der Waals surface area contributed by atoms with Crippen LogP contribution in [0.1, 0.15) is 19.8 Å². The highest BCUT2D eigenvalue weighted by atomic mass is 32.2. The topological polar surface area (TPSA) is 74.7 Å². The molecule has 2 rings (SSSR count). The number of nitrogens with zero attached hydrogens (tertiary/aromatic N) is 1. The second-order valence-electron chi connectivity index (χ2n) is 5.44. The van der Waals surface area contributed by atoms with Crippen LogP contribution in [0, 0.1) is 5.92 Å².